The predicted octanol–water partition coefficient (Wildman–Crippen LogP) is 0.394. The number of hydrogen-bond donors (Lipinski definition) is 1. The minimum absolute atomic E-state index is 0.559. The molecule has 0 aliphatic carbocycles. The second-order valence-electron chi connectivity index (χ2n) is 3.71. The summed E-state index contributed by atoms with van der Waals surface area (Å²) < 4.78 is 13.7. The lowest BCUT2D eigenvalue weighted by Gasteiger charge is -2.35. The fourth-order valence-electron chi connectivity index (χ4n) is 1.79. The van der Waals surface area contributed by atoms with Gasteiger partial charge in [-0.05, 0) is 32.5 Å². The maximum absolute atomic E-state index is 13.7. The minimum Gasteiger partial charge on any atom is -0.313 e. The van der Waals surface area contributed by atoms with Crippen LogP contribution in [0.1, 0.15) is 12.8 Å². The maximum Gasteiger partial charge on any atom is 0.137 e. The van der Waals surface area contributed by atoms with Crippen LogP contribution in [0.2, 0.25) is 0 Å². The van der Waals surface area contributed by atoms with Crippen LogP contribution in [0.3, 0.4) is 0 Å². The summed E-state index contributed by atoms with van der Waals surface area (Å²) >= 11 is 0. The van der Waals surface area contributed by atoms with Gasteiger partial charge in [-0.2, -0.15) is 0 Å². The zero-order valence-corrected chi connectivity index (χ0v) is 6.77. The SMILES string of the molecule is FC1(CN2CCC2)CCNC1. The van der Waals surface area contributed by atoms with E-state index in [-0.39, 0.29) is 0 Å². The van der Waals surface area contributed by atoms with E-state index in [0.29, 0.717) is 19.5 Å². The van der Waals surface area contributed by atoms with E-state index in [1.54, 1.807) is 0 Å². The van der Waals surface area contributed by atoms with Crippen LogP contribution in [0.4, 0.5) is 4.39 Å². The topological polar surface area (TPSA) is 15.3 Å². The number of rotatable bonds is 2. The Balaban J connectivity index is 1.82. The van der Waals surface area contributed by atoms with Gasteiger partial charge in [-0.25, -0.2) is 4.39 Å². The van der Waals surface area contributed by atoms with E-state index in [0.717, 1.165) is 19.6 Å². The van der Waals surface area contributed by atoms with Crippen molar-refractivity contribution in [3.63, 3.8) is 0 Å². The molecule has 1 atom stereocenters. The van der Waals surface area contributed by atoms with Crippen molar-refractivity contribution in [2.45, 2.75) is 18.5 Å². The van der Waals surface area contributed by atoms with Crippen LogP contribution in [-0.2, 0) is 0 Å². The molecule has 0 aromatic carbocycles. The van der Waals surface area contributed by atoms with Crippen LogP contribution in [-0.4, -0.2) is 43.3 Å². The van der Waals surface area contributed by atoms with Crippen LogP contribution in [0.15, 0.2) is 0 Å². The van der Waals surface area contributed by atoms with Crippen LogP contribution in [0.25, 0.3) is 0 Å². The molecule has 2 fully saturated rings. The van der Waals surface area contributed by atoms with Crippen molar-refractivity contribution >= 4 is 0 Å². The summed E-state index contributed by atoms with van der Waals surface area (Å²) in [4.78, 5) is 2.20. The molecule has 11 heavy (non-hydrogen) atoms. The Morgan fingerprint density at radius 1 is 1.45 bits per heavy atom. The zero-order valence-electron chi connectivity index (χ0n) is 6.77. The highest BCUT2D eigenvalue weighted by atomic mass is 19.1. The minimum atomic E-state index is -0.916. The molecular weight excluding hydrogens is 143 g/mol. The third-order valence-electron chi connectivity index (χ3n) is 2.65. The standard InChI is InChI=1S/C8H15FN2/c9-8(2-3-10-6-8)7-11-4-1-5-11/h10H,1-7H2. The summed E-state index contributed by atoms with van der Waals surface area (Å²) in [6, 6.07) is 0. The number of nitrogens with zero attached hydrogens (tertiary/aromatic N) is 1. The molecule has 0 spiro atoms. The van der Waals surface area contributed by atoms with Crippen LogP contribution in [0, 0.1) is 0 Å². The van der Waals surface area contributed by atoms with Crippen molar-refractivity contribution in [2.75, 3.05) is 32.7 Å². The van der Waals surface area contributed by atoms with Crippen molar-refractivity contribution in [3.05, 3.63) is 0 Å². The highest BCUT2D eigenvalue weighted by Crippen LogP contribution is 2.23. The molecule has 1 unspecified atom stereocenters. The first-order valence-electron chi connectivity index (χ1n) is 4.41. The molecule has 2 nitrogen and oxygen atoms in total. The van der Waals surface area contributed by atoms with Gasteiger partial charge in [0.1, 0.15) is 5.67 Å². The molecule has 0 aromatic rings. The highest BCUT2D eigenvalue weighted by molar-refractivity contribution is 4.92. The van der Waals surface area contributed by atoms with Crippen LogP contribution >= 0.6 is 0 Å². The van der Waals surface area contributed by atoms with Crippen molar-refractivity contribution in [3.8, 4) is 0 Å². The monoisotopic (exact) mass is 158 g/mol. The lowest BCUT2D eigenvalue weighted by Crippen LogP contribution is -2.47. The maximum atomic E-state index is 13.7. The van der Waals surface area contributed by atoms with Gasteiger partial charge in [-0.1, -0.05) is 0 Å². The van der Waals surface area contributed by atoms with Crippen molar-refractivity contribution in [1.82, 2.24) is 10.2 Å². The molecule has 1 N–H and O–H groups in total. The lowest BCUT2D eigenvalue weighted by atomic mass is 10.0. The van der Waals surface area contributed by atoms with Crippen molar-refractivity contribution in [1.29, 1.82) is 0 Å². The molecule has 0 amide bonds. The van der Waals surface area contributed by atoms with Gasteiger partial charge in [0.25, 0.3) is 0 Å². The number of nitrogens with one attached hydrogen (secondary N) is 1. The van der Waals surface area contributed by atoms with E-state index < -0.39 is 5.67 Å². The molecule has 0 bridgehead atoms. The molecule has 0 aromatic heterocycles. The molecular formula is C8H15FN2. The second-order valence-corrected chi connectivity index (χ2v) is 3.71. The molecule has 2 saturated heterocycles. The van der Waals surface area contributed by atoms with Crippen LogP contribution in [0.5, 0.6) is 0 Å². The largest absolute Gasteiger partial charge is 0.313 e. The Labute approximate surface area is 66.8 Å². The Kier molecular flexibility index (Phi) is 1.85. The van der Waals surface area contributed by atoms with E-state index in [9.17, 15) is 4.39 Å². The summed E-state index contributed by atoms with van der Waals surface area (Å²) in [6.45, 7) is 4.27. The van der Waals surface area contributed by atoms with Gasteiger partial charge in [0.2, 0.25) is 0 Å². The Morgan fingerprint density at radius 2 is 2.27 bits per heavy atom. The number of likely N-dealkylation sites (tertiary alicyclic amines) is 1. The molecule has 0 radical (unpaired) electrons. The Bertz CT molecular complexity index is 139. The van der Waals surface area contributed by atoms with Gasteiger partial charge in [-0.15, -0.1) is 0 Å². The fourth-order valence-corrected chi connectivity index (χ4v) is 1.79. The zero-order chi connectivity index (χ0) is 7.73. The number of halogens is 1. The summed E-state index contributed by atoms with van der Waals surface area (Å²) in [5.74, 6) is 0. The summed E-state index contributed by atoms with van der Waals surface area (Å²) in [6.07, 6.45) is 1.95. The molecule has 2 aliphatic heterocycles. The fraction of sp³-hybridized carbons (Fsp3) is 1.00. The summed E-state index contributed by atoms with van der Waals surface area (Å²) in [5.41, 5.74) is -0.916. The molecule has 3 heteroatoms. The molecule has 64 valence electrons. The normalized spacial score (nSPS) is 39.0. The summed E-state index contributed by atoms with van der Waals surface area (Å²) in [7, 11) is 0. The number of hydrogen-bond acceptors (Lipinski definition) is 2. The smallest absolute Gasteiger partial charge is 0.137 e. The Hall–Kier alpha value is -0.150. The first-order valence-corrected chi connectivity index (χ1v) is 4.41. The van der Waals surface area contributed by atoms with Gasteiger partial charge in [0.15, 0.2) is 0 Å². The third-order valence-corrected chi connectivity index (χ3v) is 2.65. The first kappa shape index (κ1) is 7.50. The van der Waals surface area contributed by atoms with Crippen molar-refractivity contribution in [2.24, 2.45) is 0 Å². The molecule has 2 aliphatic rings. The average Bonchev–Trinajstić information content (AvgIpc) is 2.29. The van der Waals surface area contributed by atoms with Gasteiger partial charge in [0.05, 0.1) is 0 Å². The van der Waals surface area contributed by atoms with Crippen molar-refractivity contribution < 1.29 is 4.39 Å². The van der Waals surface area contributed by atoms with Gasteiger partial charge in [0, 0.05) is 13.1 Å². The second kappa shape index (κ2) is 2.72. The van der Waals surface area contributed by atoms with E-state index in [4.69, 9.17) is 0 Å². The van der Waals surface area contributed by atoms with Gasteiger partial charge < -0.3 is 10.2 Å². The third kappa shape index (κ3) is 1.54. The predicted molar refractivity (Wildman–Crippen MR) is 42.4 cm³/mol. The average molecular weight is 158 g/mol. The van der Waals surface area contributed by atoms with Gasteiger partial charge in [-0.3, -0.25) is 0 Å². The van der Waals surface area contributed by atoms with Crippen LogP contribution < -0.4 is 5.32 Å². The molecule has 2 heterocycles. The lowest BCUT2D eigenvalue weighted by molar-refractivity contribution is 0.0725. The van der Waals surface area contributed by atoms with E-state index in [1.807, 2.05) is 0 Å². The molecule has 2 rings (SSSR count). The van der Waals surface area contributed by atoms with Gasteiger partial charge >= 0.3 is 0 Å². The summed E-state index contributed by atoms with van der Waals surface area (Å²) in [5, 5.41) is 3.06. The quantitative estimate of drug-likeness (QED) is 0.625. The Morgan fingerprint density at radius 3 is 2.73 bits per heavy atom. The first-order chi connectivity index (χ1) is 5.29. The number of alkyl halides is 1. The van der Waals surface area contributed by atoms with E-state index >= 15 is 0 Å². The molecule has 0 saturated carbocycles. The highest BCUT2D eigenvalue weighted by Gasteiger charge is 2.36. The van der Waals surface area contributed by atoms with E-state index in [2.05, 4.69) is 10.2 Å². The van der Waals surface area contributed by atoms with E-state index in [1.165, 1.54) is 6.42 Å².